The molecule has 0 aliphatic heterocycles. The van der Waals surface area contributed by atoms with Crippen molar-refractivity contribution in [3.63, 3.8) is 0 Å². The van der Waals surface area contributed by atoms with Gasteiger partial charge in [-0.2, -0.15) is 0 Å². The zero-order chi connectivity index (χ0) is 5.91. The predicted molar refractivity (Wildman–Crippen MR) is 34.3 cm³/mol. The van der Waals surface area contributed by atoms with E-state index in [0.29, 0.717) is 0 Å². The lowest BCUT2D eigenvalue weighted by Crippen LogP contribution is -2.20. The first kappa shape index (κ1) is 7.02. The molecule has 0 heterocycles. The molecule has 0 aliphatic carbocycles. The standard InChI is InChI=1S/C5H13BN/c1-4-5(2,3)6-7/h4,7H2,1-3H3. The van der Waals surface area contributed by atoms with Gasteiger partial charge < -0.3 is 5.64 Å². The first-order valence-electron chi connectivity index (χ1n) is 2.68. The molecule has 1 nitrogen and oxygen atoms in total. The average molecular weight is 98.0 g/mol. The van der Waals surface area contributed by atoms with Crippen LogP contribution in [0.5, 0.6) is 0 Å². The van der Waals surface area contributed by atoms with Crippen LogP contribution < -0.4 is 5.64 Å². The first-order valence-corrected chi connectivity index (χ1v) is 2.68. The van der Waals surface area contributed by atoms with Crippen LogP contribution in [0.25, 0.3) is 0 Å². The van der Waals surface area contributed by atoms with E-state index >= 15 is 0 Å². The summed E-state index contributed by atoms with van der Waals surface area (Å²) in [6.07, 6.45) is 1.11. The van der Waals surface area contributed by atoms with Gasteiger partial charge in [0.15, 0.2) is 0 Å². The normalized spacial score (nSPS) is 11.4. The van der Waals surface area contributed by atoms with E-state index in [-0.39, 0.29) is 5.31 Å². The van der Waals surface area contributed by atoms with Crippen molar-refractivity contribution in [3.8, 4) is 0 Å². The maximum Gasteiger partial charge on any atom is 0.208 e. The van der Waals surface area contributed by atoms with Crippen LogP contribution in [0.1, 0.15) is 27.2 Å². The van der Waals surface area contributed by atoms with Gasteiger partial charge in [-0.1, -0.05) is 27.2 Å². The van der Waals surface area contributed by atoms with Crippen LogP contribution in [0.2, 0.25) is 5.31 Å². The van der Waals surface area contributed by atoms with Crippen molar-refractivity contribution in [1.82, 2.24) is 0 Å². The Morgan fingerprint density at radius 2 is 2.00 bits per heavy atom. The molecule has 0 spiro atoms. The minimum absolute atomic E-state index is 0.236. The Bertz CT molecular complexity index is 46.0. The smallest absolute Gasteiger partial charge is 0.208 e. The van der Waals surface area contributed by atoms with E-state index in [1.165, 1.54) is 0 Å². The van der Waals surface area contributed by atoms with Crippen LogP contribution in [0, 0.1) is 0 Å². The molecular weight excluding hydrogens is 84.9 g/mol. The van der Waals surface area contributed by atoms with Crippen molar-refractivity contribution in [3.05, 3.63) is 0 Å². The van der Waals surface area contributed by atoms with Gasteiger partial charge in [-0.25, -0.2) is 0 Å². The Kier molecular flexibility index (Phi) is 2.37. The summed E-state index contributed by atoms with van der Waals surface area (Å²) in [5, 5.41) is 0.236. The second-order valence-electron chi connectivity index (χ2n) is 2.51. The summed E-state index contributed by atoms with van der Waals surface area (Å²) in [5.41, 5.74) is 5.29. The number of hydrogen-bond donors (Lipinski definition) is 1. The molecule has 0 bridgehead atoms. The highest BCUT2D eigenvalue weighted by Crippen LogP contribution is 2.23. The summed E-state index contributed by atoms with van der Waals surface area (Å²) in [5.74, 6) is 0. The quantitative estimate of drug-likeness (QED) is 0.515. The molecule has 0 aromatic rings. The lowest BCUT2D eigenvalue weighted by atomic mass is 9.62. The largest absolute Gasteiger partial charge is 0.374 e. The van der Waals surface area contributed by atoms with Crippen LogP contribution in [0.4, 0.5) is 0 Å². The van der Waals surface area contributed by atoms with Gasteiger partial charge in [0, 0.05) is 0 Å². The molecule has 41 valence electrons. The SMILES string of the molecule is CCC(C)(C)[B]N. The Morgan fingerprint density at radius 1 is 1.57 bits per heavy atom. The van der Waals surface area contributed by atoms with Gasteiger partial charge in [0.05, 0.1) is 0 Å². The molecule has 0 amide bonds. The van der Waals surface area contributed by atoms with Crippen LogP contribution in [-0.2, 0) is 0 Å². The minimum atomic E-state index is 0.236. The molecule has 0 aromatic carbocycles. The molecule has 0 saturated heterocycles. The Hall–Kier alpha value is 0.0249. The summed E-state index contributed by atoms with van der Waals surface area (Å²) in [4.78, 5) is 0. The molecule has 0 aliphatic rings. The van der Waals surface area contributed by atoms with E-state index in [4.69, 9.17) is 5.64 Å². The number of nitrogens with two attached hydrogens (primary N) is 1. The highest BCUT2D eigenvalue weighted by Gasteiger charge is 2.12. The summed E-state index contributed by atoms with van der Waals surface area (Å²) < 4.78 is 0. The number of rotatable bonds is 2. The van der Waals surface area contributed by atoms with Crippen molar-refractivity contribution in [2.75, 3.05) is 0 Å². The van der Waals surface area contributed by atoms with Crippen LogP contribution in [-0.4, -0.2) is 7.41 Å². The van der Waals surface area contributed by atoms with Crippen LogP contribution in [0.3, 0.4) is 0 Å². The van der Waals surface area contributed by atoms with Gasteiger partial charge in [0.1, 0.15) is 0 Å². The second-order valence-corrected chi connectivity index (χ2v) is 2.51. The van der Waals surface area contributed by atoms with Gasteiger partial charge in [-0.15, -0.1) is 0 Å². The molecule has 0 aromatic heterocycles. The summed E-state index contributed by atoms with van der Waals surface area (Å²) in [6.45, 7) is 6.36. The van der Waals surface area contributed by atoms with Gasteiger partial charge in [0.2, 0.25) is 7.41 Å². The third-order valence-electron chi connectivity index (χ3n) is 1.36. The fourth-order valence-corrected chi connectivity index (χ4v) is 0.118. The fourth-order valence-electron chi connectivity index (χ4n) is 0.118. The predicted octanol–water partition coefficient (Wildman–Crippen LogP) is 1.17. The Balaban J connectivity index is 3.36. The maximum atomic E-state index is 5.29. The van der Waals surface area contributed by atoms with Crippen molar-refractivity contribution in [2.45, 2.75) is 32.5 Å². The van der Waals surface area contributed by atoms with Crippen LogP contribution >= 0.6 is 0 Å². The van der Waals surface area contributed by atoms with Crippen LogP contribution in [0.15, 0.2) is 0 Å². The highest BCUT2D eigenvalue weighted by atomic mass is 14.4. The topological polar surface area (TPSA) is 26.0 Å². The minimum Gasteiger partial charge on any atom is -0.374 e. The third-order valence-corrected chi connectivity index (χ3v) is 1.36. The Morgan fingerprint density at radius 3 is 2.00 bits per heavy atom. The van der Waals surface area contributed by atoms with Gasteiger partial charge in [-0.05, 0) is 5.31 Å². The number of hydrogen-bond acceptors (Lipinski definition) is 1. The molecule has 1 radical (unpaired) electrons. The lowest BCUT2D eigenvalue weighted by Gasteiger charge is -2.16. The molecule has 2 heteroatoms. The summed E-state index contributed by atoms with van der Waals surface area (Å²) >= 11 is 0. The molecule has 0 saturated carbocycles. The second kappa shape index (κ2) is 2.36. The molecule has 0 fully saturated rings. The Labute approximate surface area is 46.5 Å². The molecule has 2 N–H and O–H groups in total. The molecule has 0 unspecified atom stereocenters. The highest BCUT2D eigenvalue weighted by molar-refractivity contribution is 6.35. The average Bonchev–Trinajstić information content (AvgIpc) is 1.68. The third kappa shape index (κ3) is 2.69. The van der Waals surface area contributed by atoms with E-state index in [1.54, 1.807) is 7.41 Å². The monoisotopic (exact) mass is 98.1 g/mol. The zero-order valence-electron chi connectivity index (χ0n) is 5.36. The van der Waals surface area contributed by atoms with Crippen molar-refractivity contribution < 1.29 is 0 Å². The summed E-state index contributed by atoms with van der Waals surface area (Å²) in [6, 6.07) is 0. The van der Waals surface area contributed by atoms with Gasteiger partial charge in [0.25, 0.3) is 0 Å². The van der Waals surface area contributed by atoms with E-state index in [1.807, 2.05) is 0 Å². The molecule has 7 heavy (non-hydrogen) atoms. The van der Waals surface area contributed by atoms with Gasteiger partial charge in [-0.3, -0.25) is 0 Å². The van der Waals surface area contributed by atoms with Crippen molar-refractivity contribution >= 4 is 7.41 Å². The van der Waals surface area contributed by atoms with Gasteiger partial charge >= 0.3 is 0 Å². The van der Waals surface area contributed by atoms with Crippen molar-refractivity contribution in [2.24, 2.45) is 5.64 Å². The fraction of sp³-hybridized carbons (Fsp3) is 1.00. The summed E-state index contributed by atoms with van der Waals surface area (Å²) in [7, 11) is 1.74. The lowest BCUT2D eigenvalue weighted by molar-refractivity contribution is 0.642. The molecular formula is C5H13BN. The first-order chi connectivity index (χ1) is 3.12. The van der Waals surface area contributed by atoms with E-state index in [9.17, 15) is 0 Å². The van der Waals surface area contributed by atoms with E-state index in [2.05, 4.69) is 20.8 Å². The molecule has 0 atom stereocenters. The van der Waals surface area contributed by atoms with Crippen molar-refractivity contribution in [1.29, 1.82) is 0 Å². The van der Waals surface area contributed by atoms with E-state index in [0.717, 1.165) is 6.42 Å². The van der Waals surface area contributed by atoms with E-state index < -0.39 is 0 Å². The maximum absolute atomic E-state index is 5.29. The molecule has 0 rings (SSSR count). The zero-order valence-corrected chi connectivity index (χ0v) is 5.36.